The molecule has 23 heavy (non-hydrogen) atoms. The minimum atomic E-state index is -0.0628. The summed E-state index contributed by atoms with van der Waals surface area (Å²) >= 11 is 0. The van der Waals surface area contributed by atoms with Crippen LogP contribution in [0.1, 0.15) is 36.3 Å². The second-order valence-corrected chi connectivity index (χ2v) is 6.25. The molecule has 0 aliphatic carbocycles. The largest absolute Gasteiger partial charge is 0.370 e. The van der Waals surface area contributed by atoms with Gasteiger partial charge in [0.25, 0.3) is 5.91 Å². The number of anilines is 2. The first-order valence-electron chi connectivity index (χ1n) is 8.11. The van der Waals surface area contributed by atoms with Crippen LogP contribution in [0.3, 0.4) is 0 Å². The molecule has 120 valence electrons. The highest BCUT2D eigenvalue weighted by Gasteiger charge is 2.24. The smallest absolute Gasteiger partial charge is 0.277 e. The van der Waals surface area contributed by atoms with Gasteiger partial charge in [0.05, 0.1) is 0 Å². The van der Waals surface area contributed by atoms with Gasteiger partial charge in [-0.05, 0) is 30.4 Å². The lowest BCUT2D eigenvalue weighted by atomic mass is 10.0. The highest BCUT2D eigenvalue weighted by Crippen LogP contribution is 2.27. The minimum absolute atomic E-state index is 0.0628. The summed E-state index contributed by atoms with van der Waals surface area (Å²) in [6.45, 7) is 5.81. The summed E-state index contributed by atoms with van der Waals surface area (Å²) < 4.78 is 0. The van der Waals surface area contributed by atoms with Crippen molar-refractivity contribution >= 4 is 17.4 Å². The SMILES string of the molecule is CC(C)CNc1cc(C(=O)N2CCCc3ccccc32)ncn1. The van der Waals surface area contributed by atoms with E-state index < -0.39 is 0 Å². The number of amides is 1. The number of rotatable bonds is 4. The molecule has 3 rings (SSSR count). The Balaban J connectivity index is 1.83. The molecule has 2 aromatic rings. The number of fused-ring (bicyclic) bond motifs is 1. The number of carbonyl (C=O) groups is 1. The Morgan fingerprint density at radius 2 is 2.13 bits per heavy atom. The van der Waals surface area contributed by atoms with E-state index in [1.807, 2.05) is 23.1 Å². The maximum atomic E-state index is 12.9. The van der Waals surface area contributed by atoms with E-state index in [-0.39, 0.29) is 5.91 Å². The van der Waals surface area contributed by atoms with Crippen LogP contribution in [0.2, 0.25) is 0 Å². The number of benzene rings is 1. The Bertz CT molecular complexity index is 699. The number of nitrogens with one attached hydrogen (secondary N) is 1. The molecular weight excluding hydrogens is 288 g/mol. The fourth-order valence-corrected chi connectivity index (χ4v) is 2.76. The summed E-state index contributed by atoms with van der Waals surface area (Å²) in [5, 5.41) is 3.24. The fraction of sp³-hybridized carbons (Fsp3) is 0.389. The van der Waals surface area contributed by atoms with Gasteiger partial charge < -0.3 is 10.2 Å². The third-order valence-electron chi connectivity index (χ3n) is 3.93. The van der Waals surface area contributed by atoms with Crippen LogP contribution in [-0.2, 0) is 6.42 Å². The van der Waals surface area contributed by atoms with Crippen molar-refractivity contribution in [2.45, 2.75) is 26.7 Å². The monoisotopic (exact) mass is 310 g/mol. The third-order valence-corrected chi connectivity index (χ3v) is 3.93. The van der Waals surface area contributed by atoms with E-state index in [2.05, 4.69) is 35.2 Å². The van der Waals surface area contributed by atoms with Gasteiger partial charge in [-0.1, -0.05) is 32.0 Å². The van der Waals surface area contributed by atoms with Crippen molar-refractivity contribution in [3.63, 3.8) is 0 Å². The van der Waals surface area contributed by atoms with Crippen LogP contribution in [-0.4, -0.2) is 29.0 Å². The number of hydrogen-bond donors (Lipinski definition) is 1. The highest BCUT2D eigenvalue weighted by molar-refractivity contribution is 6.05. The van der Waals surface area contributed by atoms with Crippen LogP contribution in [0.5, 0.6) is 0 Å². The first kappa shape index (κ1) is 15.5. The highest BCUT2D eigenvalue weighted by atomic mass is 16.2. The lowest BCUT2D eigenvalue weighted by molar-refractivity contribution is 0.0980. The van der Waals surface area contributed by atoms with Crippen LogP contribution in [0.25, 0.3) is 0 Å². The van der Waals surface area contributed by atoms with Crippen LogP contribution in [0, 0.1) is 5.92 Å². The van der Waals surface area contributed by atoms with Crippen molar-refractivity contribution in [2.24, 2.45) is 5.92 Å². The van der Waals surface area contributed by atoms with Gasteiger partial charge in [0.2, 0.25) is 0 Å². The first-order chi connectivity index (χ1) is 11.1. The number of aryl methyl sites for hydroxylation is 1. The van der Waals surface area contributed by atoms with Crippen LogP contribution in [0.4, 0.5) is 11.5 Å². The molecule has 1 aromatic heterocycles. The van der Waals surface area contributed by atoms with Crippen molar-refractivity contribution in [2.75, 3.05) is 23.3 Å². The second kappa shape index (κ2) is 6.77. The van der Waals surface area contributed by atoms with E-state index >= 15 is 0 Å². The summed E-state index contributed by atoms with van der Waals surface area (Å²) in [5.41, 5.74) is 2.65. The fourth-order valence-electron chi connectivity index (χ4n) is 2.76. The lowest BCUT2D eigenvalue weighted by Gasteiger charge is -2.29. The average molecular weight is 310 g/mol. The lowest BCUT2D eigenvalue weighted by Crippen LogP contribution is -2.36. The number of para-hydroxylation sites is 1. The molecule has 0 spiro atoms. The molecule has 0 unspecified atom stereocenters. The van der Waals surface area contributed by atoms with Gasteiger partial charge in [0.1, 0.15) is 17.8 Å². The molecule has 1 N–H and O–H groups in total. The Labute approximate surface area is 136 Å². The van der Waals surface area contributed by atoms with Crippen molar-refractivity contribution in [3.8, 4) is 0 Å². The quantitative estimate of drug-likeness (QED) is 0.942. The molecule has 1 aliphatic heterocycles. The molecule has 0 saturated carbocycles. The normalized spacial score (nSPS) is 13.8. The standard InChI is InChI=1S/C18H22N4O/c1-13(2)11-19-17-10-15(20-12-21-17)18(23)22-9-5-7-14-6-3-4-8-16(14)22/h3-4,6,8,10,12-13H,5,7,9,11H2,1-2H3,(H,19,20,21). The van der Waals surface area contributed by atoms with Crippen molar-refractivity contribution in [1.82, 2.24) is 9.97 Å². The van der Waals surface area contributed by atoms with Gasteiger partial charge in [0, 0.05) is 24.8 Å². The maximum absolute atomic E-state index is 12.9. The van der Waals surface area contributed by atoms with E-state index in [9.17, 15) is 4.79 Å². The molecule has 5 nitrogen and oxygen atoms in total. The van der Waals surface area contributed by atoms with Gasteiger partial charge in [-0.15, -0.1) is 0 Å². The maximum Gasteiger partial charge on any atom is 0.277 e. The summed E-state index contributed by atoms with van der Waals surface area (Å²) in [6.07, 6.45) is 3.45. The molecule has 5 heteroatoms. The molecule has 1 amide bonds. The number of hydrogen-bond acceptors (Lipinski definition) is 4. The first-order valence-corrected chi connectivity index (χ1v) is 8.11. The molecule has 0 bridgehead atoms. The zero-order chi connectivity index (χ0) is 16.2. The Morgan fingerprint density at radius 1 is 1.30 bits per heavy atom. The van der Waals surface area contributed by atoms with E-state index in [0.29, 0.717) is 17.4 Å². The van der Waals surface area contributed by atoms with E-state index in [1.54, 1.807) is 6.07 Å². The molecule has 0 radical (unpaired) electrons. The summed E-state index contributed by atoms with van der Waals surface area (Å²) in [6, 6.07) is 9.82. The van der Waals surface area contributed by atoms with Crippen LogP contribution >= 0.6 is 0 Å². The van der Waals surface area contributed by atoms with Gasteiger partial charge in [0.15, 0.2) is 0 Å². The molecule has 2 heterocycles. The van der Waals surface area contributed by atoms with Gasteiger partial charge in [-0.25, -0.2) is 9.97 Å². The molecule has 0 saturated heterocycles. The molecular formula is C18H22N4O. The molecule has 0 atom stereocenters. The van der Waals surface area contributed by atoms with E-state index in [4.69, 9.17) is 0 Å². The van der Waals surface area contributed by atoms with Crippen molar-refractivity contribution < 1.29 is 4.79 Å². The van der Waals surface area contributed by atoms with E-state index in [1.165, 1.54) is 11.9 Å². The number of aromatic nitrogens is 2. The van der Waals surface area contributed by atoms with Gasteiger partial charge in [-0.2, -0.15) is 0 Å². The second-order valence-electron chi connectivity index (χ2n) is 6.25. The zero-order valence-electron chi connectivity index (χ0n) is 13.6. The molecule has 0 fully saturated rings. The summed E-state index contributed by atoms with van der Waals surface area (Å²) in [5.74, 6) is 1.15. The summed E-state index contributed by atoms with van der Waals surface area (Å²) in [7, 11) is 0. The predicted octanol–water partition coefficient (Wildman–Crippen LogP) is 3.14. The Morgan fingerprint density at radius 3 is 2.96 bits per heavy atom. The Kier molecular flexibility index (Phi) is 4.55. The Hall–Kier alpha value is -2.43. The van der Waals surface area contributed by atoms with Gasteiger partial charge >= 0.3 is 0 Å². The zero-order valence-corrected chi connectivity index (χ0v) is 13.6. The van der Waals surface area contributed by atoms with Crippen molar-refractivity contribution in [1.29, 1.82) is 0 Å². The van der Waals surface area contributed by atoms with E-state index in [0.717, 1.165) is 31.6 Å². The van der Waals surface area contributed by atoms with Crippen LogP contribution in [0.15, 0.2) is 36.7 Å². The summed E-state index contributed by atoms with van der Waals surface area (Å²) in [4.78, 5) is 23.0. The third kappa shape index (κ3) is 3.50. The predicted molar refractivity (Wildman–Crippen MR) is 91.8 cm³/mol. The molecule has 1 aliphatic rings. The topological polar surface area (TPSA) is 58.1 Å². The minimum Gasteiger partial charge on any atom is -0.370 e. The average Bonchev–Trinajstić information content (AvgIpc) is 2.59. The molecule has 1 aromatic carbocycles. The van der Waals surface area contributed by atoms with Gasteiger partial charge in [-0.3, -0.25) is 4.79 Å². The van der Waals surface area contributed by atoms with Crippen LogP contribution < -0.4 is 10.2 Å². The number of carbonyl (C=O) groups excluding carboxylic acids is 1. The van der Waals surface area contributed by atoms with Crippen molar-refractivity contribution in [3.05, 3.63) is 47.9 Å². The number of nitrogens with zero attached hydrogens (tertiary/aromatic N) is 3.